The highest BCUT2D eigenvalue weighted by molar-refractivity contribution is 7.90. The first-order chi connectivity index (χ1) is 16.1. The SMILES string of the molecule is CC(Oc1ccc(S(C)(=O)=O)cc1C(=O)N1CCN(c2nccc(C(F)(F)F)n2)CC1)C(F)(F)F. The number of carbonyl (C=O) groups excluding carboxylic acids is 1. The third-order valence-electron chi connectivity index (χ3n) is 5.16. The normalized spacial score (nSPS) is 16.2. The minimum absolute atomic E-state index is 0.0319. The number of hydrogen-bond acceptors (Lipinski definition) is 7. The Balaban J connectivity index is 1.83. The third kappa shape index (κ3) is 6.32. The lowest BCUT2D eigenvalue weighted by molar-refractivity contribution is -0.189. The third-order valence-corrected chi connectivity index (χ3v) is 6.27. The maximum Gasteiger partial charge on any atom is 0.433 e. The zero-order valence-corrected chi connectivity index (χ0v) is 19.2. The van der Waals surface area contributed by atoms with Crippen LogP contribution in [0.15, 0.2) is 35.4 Å². The Morgan fingerprint density at radius 2 is 1.69 bits per heavy atom. The molecule has 0 saturated carbocycles. The van der Waals surface area contributed by atoms with Gasteiger partial charge in [0.1, 0.15) is 11.4 Å². The summed E-state index contributed by atoms with van der Waals surface area (Å²) < 4.78 is 107. The summed E-state index contributed by atoms with van der Waals surface area (Å²) in [6.45, 7) is 0.750. The minimum Gasteiger partial charge on any atom is -0.480 e. The molecule has 1 amide bonds. The van der Waals surface area contributed by atoms with Crippen LogP contribution in [-0.2, 0) is 16.0 Å². The van der Waals surface area contributed by atoms with Gasteiger partial charge >= 0.3 is 12.4 Å². The summed E-state index contributed by atoms with van der Waals surface area (Å²) in [5.74, 6) is -1.42. The average molecular weight is 526 g/mol. The molecule has 35 heavy (non-hydrogen) atoms. The van der Waals surface area contributed by atoms with Gasteiger partial charge in [-0.05, 0) is 31.2 Å². The Labute approximate surface area is 196 Å². The fraction of sp³-hybridized carbons (Fsp3) is 0.450. The summed E-state index contributed by atoms with van der Waals surface area (Å²) in [7, 11) is -3.79. The van der Waals surface area contributed by atoms with Crippen LogP contribution in [0.2, 0.25) is 0 Å². The monoisotopic (exact) mass is 526 g/mol. The predicted octanol–water partition coefficient (Wildman–Crippen LogP) is 3.19. The molecule has 15 heteroatoms. The van der Waals surface area contributed by atoms with Crippen molar-refractivity contribution in [3.05, 3.63) is 41.7 Å². The Kier molecular flexibility index (Phi) is 7.20. The molecule has 1 saturated heterocycles. The molecule has 2 heterocycles. The van der Waals surface area contributed by atoms with Gasteiger partial charge in [-0.2, -0.15) is 26.3 Å². The highest BCUT2D eigenvalue weighted by Gasteiger charge is 2.39. The summed E-state index contributed by atoms with van der Waals surface area (Å²) in [4.78, 5) is 22.8. The van der Waals surface area contributed by atoms with E-state index in [2.05, 4.69) is 9.97 Å². The van der Waals surface area contributed by atoms with Crippen molar-refractivity contribution in [3.8, 4) is 5.75 Å². The summed E-state index contributed by atoms with van der Waals surface area (Å²) in [6.07, 6.45) is -9.82. The quantitative estimate of drug-likeness (QED) is 0.553. The van der Waals surface area contributed by atoms with Crippen LogP contribution < -0.4 is 9.64 Å². The molecule has 8 nitrogen and oxygen atoms in total. The van der Waals surface area contributed by atoms with Gasteiger partial charge in [-0.15, -0.1) is 0 Å². The minimum atomic E-state index is -4.73. The zero-order valence-electron chi connectivity index (χ0n) is 18.4. The lowest BCUT2D eigenvalue weighted by Gasteiger charge is -2.35. The van der Waals surface area contributed by atoms with Gasteiger partial charge in [-0.1, -0.05) is 0 Å². The Bertz CT molecular complexity index is 1190. The average Bonchev–Trinajstić information content (AvgIpc) is 2.77. The second-order valence-electron chi connectivity index (χ2n) is 7.75. The second-order valence-corrected chi connectivity index (χ2v) is 9.77. The molecule has 1 fully saturated rings. The van der Waals surface area contributed by atoms with Crippen molar-refractivity contribution in [1.29, 1.82) is 0 Å². The maximum atomic E-state index is 13.1. The fourth-order valence-electron chi connectivity index (χ4n) is 3.21. The molecular weight excluding hydrogens is 506 g/mol. The number of halogens is 6. The van der Waals surface area contributed by atoms with E-state index in [0.717, 1.165) is 43.6 Å². The van der Waals surface area contributed by atoms with Gasteiger partial charge in [-0.25, -0.2) is 18.4 Å². The first kappa shape index (κ1) is 26.5. The number of nitrogens with zero attached hydrogens (tertiary/aromatic N) is 4. The van der Waals surface area contributed by atoms with Gasteiger partial charge in [0, 0.05) is 38.6 Å². The molecule has 0 N–H and O–H groups in total. The van der Waals surface area contributed by atoms with Gasteiger partial charge in [-0.3, -0.25) is 4.79 Å². The lowest BCUT2D eigenvalue weighted by Crippen LogP contribution is -2.49. The number of rotatable bonds is 5. The van der Waals surface area contributed by atoms with Crippen molar-refractivity contribution in [3.63, 3.8) is 0 Å². The molecule has 1 aromatic heterocycles. The number of aromatic nitrogens is 2. The lowest BCUT2D eigenvalue weighted by atomic mass is 10.1. The first-order valence-corrected chi connectivity index (χ1v) is 12.0. The number of anilines is 1. The predicted molar refractivity (Wildman–Crippen MR) is 111 cm³/mol. The van der Waals surface area contributed by atoms with Crippen molar-refractivity contribution < 1.29 is 44.3 Å². The van der Waals surface area contributed by atoms with Gasteiger partial charge < -0.3 is 14.5 Å². The van der Waals surface area contributed by atoms with Gasteiger partial charge in [0.05, 0.1) is 10.5 Å². The van der Waals surface area contributed by atoms with Crippen molar-refractivity contribution in [2.45, 2.75) is 30.3 Å². The molecule has 2 aromatic rings. The van der Waals surface area contributed by atoms with E-state index in [1.54, 1.807) is 0 Å². The van der Waals surface area contributed by atoms with Crippen molar-refractivity contribution >= 4 is 21.7 Å². The molecule has 1 aliphatic rings. The standard InChI is InChI=1S/C20H20F6N4O4S/c1-12(19(21,22)23)34-15-4-3-13(35(2,32)33)11-14(15)17(31)29-7-9-30(10-8-29)18-27-6-5-16(28-18)20(24,25)26/h3-6,11-12H,7-10H2,1-2H3. The number of hydrogen-bond donors (Lipinski definition) is 0. The molecule has 1 atom stereocenters. The zero-order chi connectivity index (χ0) is 26.2. The van der Waals surface area contributed by atoms with Gasteiger partial charge in [0.15, 0.2) is 15.9 Å². The largest absolute Gasteiger partial charge is 0.480 e. The number of ether oxygens (including phenoxy) is 1. The first-order valence-electron chi connectivity index (χ1n) is 10.1. The number of carbonyl (C=O) groups is 1. The van der Waals surface area contributed by atoms with E-state index in [1.807, 2.05) is 0 Å². The Hall–Kier alpha value is -3.10. The topological polar surface area (TPSA) is 92.7 Å². The maximum absolute atomic E-state index is 13.1. The van der Waals surface area contributed by atoms with E-state index >= 15 is 0 Å². The number of piperazine rings is 1. The van der Waals surface area contributed by atoms with E-state index in [0.29, 0.717) is 0 Å². The number of alkyl halides is 6. The summed E-state index contributed by atoms with van der Waals surface area (Å²) in [5.41, 5.74) is -1.51. The van der Waals surface area contributed by atoms with Crippen LogP contribution in [0.5, 0.6) is 5.75 Å². The van der Waals surface area contributed by atoms with E-state index in [9.17, 15) is 39.6 Å². The summed E-state index contributed by atoms with van der Waals surface area (Å²) in [6, 6.07) is 3.69. The highest BCUT2D eigenvalue weighted by atomic mass is 32.2. The van der Waals surface area contributed by atoms with E-state index in [4.69, 9.17) is 4.74 Å². The van der Waals surface area contributed by atoms with Crippen LogP contribution in [0.25, 0.3) is 0 Å². The summed E-state index contributed by atoms with van der Waals surface area (Å²) >= 11 is 0. The molecular formula is C20H20F6N4O4S. The highest BCUT2D eigenvalue weighted by Crippen LogP contribution is 2.31. The molecule has 0 radical (unpaired) electrons. The van der Waals surface area contributed by atoms with Crippen LogP contribution >= 0.6 is 0 Å². The number of sulfone groups is 1. The number of benzene rings is 1. The summed E-state index contributed by atoms with van der Waals surface area (Å²) in [5, 5.41) is 0. The molecule has 0 aliphatic carbocycles. The second kappa shape index (κ2) is 9.51. The van der Waals surface area contributed by atoms with Crippen molar-refractivity contribution in [2.75, 3.05) is 37.3 Å². The molecule has 1 unspecified atom stereocenters. The van der Waals surface area contributed by atoms with E-state index in [-0.39, 0.29) is 42.6 Å². The van der Waals surface area contributed by atoms with Gasteiger partial charge in [0.2, 0.25) is 5.95 Å². The van der Waals surface area contributed by atoms with E-state index in [1.165, 1.54) is 9.80 Å². The van der Waals surface area contributed by atoms with Crippen LogP contribution in [-0.4, -0.2) is 73.9 Å². The molecule has 192 valence electrons. The van der Waals surface area contributed by atoms with Crippen LogP contribution in [0.4, 0.5) is 32.3 Å². The van der Waals surface area contributed by atoms with Crippen LogP contribution in [0.3, 0.4) is 0 Å². The molecule has 0 bridgehead atoms. The van der Waals surface area contributed by atoms with E-state index < -0.39 is 45.6 Å². The molecule has 3 rings (SSSR count). The van der Waals surface area contributed by atoms with Crippen molar-refractivity contribution in [2.24, 2.45) is 0 Å². The molecule has 0 spiro atoms. The van der Waals surface area contributed by atoms with Crippen LogP contribution in [0.1, 0.15) is 23.0 Å². The molecule has 1 aromatic carbocycles. The van der Waals surface area contributed by atoms with Gasteiger partial charge in [0.25, 0.3) is 5.91 Å². The van der Waals surface area contributed by atoms with Crippen molar-refractivity contribution in [1.82, 2.24) is 14.9 Å². The smallest absolute Gasteiger partial charge is 0.433 e. The Morgan fingerprint density at radius 3 is 2.23 bits per heavy atom. The molecule has 1 aliphatic heterocycles. The fourth-order valence-corrected chi connectivity index (χ4v) is 3.85. The number of amides is 1. The van der Waals surface area contributed by atoms with Crippen LogP contribution in [0, 0.1) is 0 Å². The Morgan fingerprint density at radius 1 is 1.06 bits per heavy atom.